The first-order valence-electron chi connectivity index (χ1n) is 12.5. The zero-order valence-electron chi connectivity index (χ0n) is 21.5. The van der Waals surface area contributed by atoms with Gasteiger partial charge in [-0.05, 0) is 55.5 Å². The Morgan fingerprint density at radius 1 is 1.11 bits per heavy atom. The van der Waals surface area contributed by atoms with Crippen LogP contribution in [0.4, 0.5) is 5.82 Å². The molecule has 10 nitrogen and oxygen atoms in total. The number of ether oxygens (including phenoxy) is 4. The summed E-state index contributed by atoms with van der Waals surface area (Å²) in [7, 11) is -2.42. The Hall–Kier alpha value is -3.25. The molecule has 2 atom stereocenters. The van der Waals surface area contributed by atoms with E-state index in [1.807, 2.05) is 24.3 Å². The van der Waals surface area contributed by atoms with E-state index in [0.29, 0.717) is 30.1 Å². The van der Waals surface area contributed by atoms with Crippen LogP contribution in [0.3, 0.4) is 0 Å². The van der Waals surface area contributed by atoms with E-state index < -0.39 is 16.1 Å². The first-order valence-corrected chi connectivity index (χ1v) is 14.0. The third kappa shape index (κ3) is 7.19. The second-order valence-corrected chi connectivity index (χ2v) is 10.5. The van der Waals surface area contributed by atoms with Crippen LogP contribution in [0, 0.1) is 0 Å². The molecule has 204 valence electrons. The van der Waals surface area contributed by atoms with E-state index in [4.69, 9.17) is 18.9 Å². The molecule has 38 heavy (non-hydrogen) atoms. The molecule has 1 fully saturated rings. The van der Waals surface area contributed by atoms with E-state index in [0.717, 1.165) is 24.8 Å². The molecule has 2 aromatic carbocycles. The average Bonchev–Trinajstić information content (AvgIpc) is 2.93. The minimum Gasteiger partial charge on any atom is -0.496 e. The molecule has 3 aromatic rings. The number of nitrogens with zero attached hydrogens (tertiary/aromatic N) is 2. The maximum absolute atomic E-state index is 13.2. The van der Waals surface area contributed by atoms with Crippen LogP contribution in [0.2, 0.25) is 0 Å². The molecule has 1 aliphatic heterocycles. The van der Waals surface area contributed by atoms with Gasteiger partial charge in [-0.3, -0.25) is 4.72 Å². The van der Waals surface area contributed by atoms with Gasteiger partial charge in [-0.25, -0.2) is 18.4 Å². The molecule has 0 bridgehead atoms. The summed E-state index contributed by atoms with van der Waals surface area (Å²) in [6, 6.07) is 13.4. The lowest BCUT2D eigenvalue weighted by atomic mass is 10.1. The van der Waals surface area contributed by atoms with Crippen molar-refractivity contribution in [1.82, 2.24) is 9.97 Å². The van der Waals surface area contributed by atoms with Crippen molar-refractivity contribution < 1.29 is 32.5 Å². The SMILES string of the molecule is COc1ccccc1Cc1c(NS(=O)(=O)c2ccc(C(C)O)cc2)ncnc1OCCOC1CCCCO1. The number of hydrogen-bond acceptors (Lipinski definition) is 9. The molecule has 0 spiro atoms. The standard InChI is InChI=1S/C27H33N3O7S/c1-19(31)20-10-12-22(13-11-20)38(32,33)30-26-23(17-21-7-3-4-8-24(21)34-2)27(29-18-28-26)37-16-15-36-25-9-5-6-14-35-25/h3-4,7-8,10-13,18-19,25,31H,5-6,9,14-17H2,1-2H3,(H,28,29,30). The smallest absolute Gasteiger partial charge is 0.263 e. The van der Waals surface area contributed by atoms with Crippen molar-refractivity contribution in [2.24, 2.45) is 0 Å². The highest BCUT2D eigenvalue weighted by Crippen LogP contribution is 2.30. The summed E-state index contributed by atoms with van der Waals surface area (Å²) in [5.41, 5.74) is 1.87. The van der Waals surface area contributed by atoms with Crippen LogP contribution in [-0.4, -0.2) is 56.7 Å². The number of aliphatic hydroxyl groups is 1. The lowest BCUT2D eigenvalue weighted by molar-refractivity contribution is -0.165. The Balaban J connectivity index is 1.58. The van der Waals surface area contributed by atoms with Crippen LogP contribution in [0.5, 0.6) is 11.6 Å². The molecule has 11 heteroatoms. The van der Waals surface area contributed by atoms with E-state index in [1.165, 1.54) is 18.5 Å². The maximum atomic E-state index is 13.2. The molecule has 0 radical (unpaired) electrons. The fourth-order valence-corrected chi connectivity index (χ4v) is 5.12. The van der Waals surface area contributed by atoms with Crippen LogP contribution in [0.1, 0.15) is 49.0 Å². The number of anilines is 1. The van der Waals surface area contributed by atoms with E-state index >= 15 is 0 Å². The summed E-state index contributed by atoms with van der Waals surface area (Å²) < 4.78 is 51.8. The van der Waals surface area contributed by atoms with Crippen LogP contribution in [0.25, 0.3) is 0 Å². The molecule has 1 saturated heterocycles. The minimum atomic E-state index is -3.99. The summed E-state index contributed by atoms with van der Waals surface area (Å²) in [6.07, 6.45) is 3.50. The third-order valence-corrected chi connectivity index (χ3v) is 7.49. The van der Waals surface area contributed by atoms with E-state index in [-0.39, 0.29) is 35.9 Å². The van der Waals surface area contributed by atoms with E-state index in [1.54, 1.807) is 26.2 Å². The van der Waals surface area contributed by atoms with Crippen molar-refractivity contribution in [3.63, 3.8) is 0 Å². The number of hydrogen-bond donors (Lipinski definition) is 2. The molecule has 2 unspecified atom stereocenters. The largest absolute Gasteiger partial charge is 0.496 e. The summed E-state index contributed by atoms with van der Waals surface area (Å²) in [4.78, 5) is 8.56. The van der Waals surface area contributed by atoms with E-state index in [2.05, 4.69) is 14.7 Å². The number of rotatable bonds is 12. The van der Waals surface area contributed by atoms with Crippen molar-refractivity contribution in [3.8, 4) is 11.6 Å². The Kier molecular flexibility index (Phi) is 9.51. The lowest BCUT2D eigenvalue weighted by Gasteiger charge is -2.22. The highest BCUT2D eigenvalue weighted by molar-refractivity contribution is 7.92. The molecule has 2 N–H and O–H groups in total. The third-order valence-electron chi connectivity index (χ3n) is 6.13. The summed E-state index contributed by atoms with van der Waals surface area (Å²) in [6.45, 7) is 2.79. The number of aliphatic hydroxyl groups excluding tert-OH is 1. The molecular formula is C27H33N3O7S. The van der Waals surface area contributed by atoms with Crippen molar-refractivity contribution in [2.45, 2.75) is 49.9 Å². The number of methoxy groups -OCH3 is 1. The first-order chi connectivity index (χ1) is 18.4. The van der Waals surface area contributed by atoms with Gasteiger partial charge in [-0.2, -0.15) is 0 Å². The number of aromatic nitrogens is 2. The van der Waals surface area contributed by atoms with Gasteiger partial charge in [0.2, 0.25) is 5.88 Å². The fourth-order valence-electron chi connectivity index (χ4n) is 4.08. The van der Waals surface area contributed by atoms with Gasteiger partial charge in [0.1, 0.15) is 18.7 Å². The van der Waals surface area contributed by atoms with E-state index in [9.17, 15) is 13.5 Å². The molecule has 1 aliphatic rings. The first kappa shape index (κ1) is 27.8. The van der Waals surface area contributed by atoms with Gasteiger partial charge >= 0.3 is 0 Å². The van der Waals surface area contributed by atoms with Gasteiger partial charge in [0.25, 0.3) is 10.0 Å². The molecule has 4 rings (SSSR count). The molecule has 1 aromatic heterocycles. The molecular weight excluding hydrogens is 510 g/mol. The number of benzene rings is 2. The molecule has 2 heterocycles. The van der Waals surface area contributed by atoms with Crippen molar-refractivity contribution >= 4 is 15.8 Å². The van der Waals surface area contributed by atoms with Crippen LogP contribution >= 0.6 is 0 Å². The zero-order chi connectivity index (χ0) is 27.0. The maximum Gasteiger partial charge on any atom is 0.263 e. The van der Waals surface area contributed by atoms with Gasteiger partial charge in [-0.1, -0.05) is 30.3 Å². The molecule has 0 saturated carbocycles. The summed E-state index contributed by atoms with van der Waals surface area (Å²) >= 11 is 0. The van der Waals surface area contributed by atoms with Gasteiger partial charge in [0.15, 0.2) is 12.1 Å². The van der Waals surface area contributed by atoms with Gasteiger partial charge in [0.05, 0.1) is 30.3 Å². The average molecular weight is 544 g/mol. The second-order valence-electron chi connectivity index (χ2n) is 8.86. The number of para-hydroxylation sites is 1. The summed E-state index contributed by atoms with van der Waals surface area (Å²) in [5, 5.41) is 9.74. The van der Waals surface area contributed by atoms with Crippen LogP contribution < -0.4 is 14.2 Å². The zero-order valence-corrected chi connectivity index (χ0v) is 22.3. The van der Waals surface area contributed by atoms with Crippen LogP contribution in [0.15, 0.2) is 59.8 Å². The van der Waals surface area contributed by atoms with Crippen molar-refractivity contribution in [3.05, 3.63) is 71.5 Å². The molecule has 0 amide bonds. The lowest BCUT2D eigenvalue weighted by Crippen LogP contribution is -2.24. The Morgan fingerprint density at radius 3 is 2.61 bits per heavy atom. The fraction of sp³-hybridized carbons (Fsp3) is 0.407. The van der Waals surface area contributed by atoms with Crippen molar-refractivity contribution in [2.75, 3.05) is 31.7 Å². The molecule has 0 aliphatic carbocycles. The highest BCUT2D eigenvalue weighted by Gasteiger charge is 2.22. The number of sulfonamides is 1. The highest BCUT2D eigenvalue weighted by atomic mass is 32.2. The van der Waals surface area contributed by atoms with Crippen LogP contribution in [-0.2, 0) is 25.9 Å². The quantitative estimate of drug-likeness (QED) is 0.327. The van der Waals surface area contributed by atoms with Gasteiger partial charge < -0.3 is 24.1 Å². The summed E-state index contributed by atoms with van der Waals surface area (Å²) in [5.74, 6) is 0.973. The second kappa shape index (κ2) is 13.0. The predicted octanol–water partition coefficient (Wildman–Crippen LogP) is 3.85. The minimum absolute atomic E-state index is 0.0344. The Morgan fingerprint density at radius 2 is 1.89 bits per heavy atom. The predicted molar refractivity (Wildman–Crippen MR) is 141 cm³/mol. The Labute approximate surface area is 223 Å². The topological polar surface area (TPSA) is 129 Å². The van der Waals surface area contributed by atoms with Crippen molar-refractivity contribution in [1.29, 1.82) is 0 Å². The normalized spacial score (nSPS) is 16.6. The Bertz CT molecular complexity index is 1290. The van der Waals surface area contributed by atoms with Gasteiger partial charge in [0, 0.05) is 13.0 Å². The monoisotopic (exact) mass is 543 g/mol. The van der Waals surface area contributed by atoms with Gasteiger partial charge in [-0.15, -0.1) is 0 Å². The number of nitrogens with one attached hydrogen (secondary N) is 1.